The van der Waals surface area contributed by atoms with Gasteiger partial charge in [-0.1, -0.05) is 13.0 Å². The van der Waals surface area contributed by atoms with Gasteiger partial charge in [-0.05, 0) is 18.2 Å². The number of benzene rings is 1. The van der Waals surface area contributed by atoms with Crippen molar-refractivity contribution in [3.63, 3.8) is 0 Å². The van der Waals surface area contributed by atoms with Gasteiger partial charge in [-0.3, -0.25) is 0 Å². The third-order valence-electron chi connectivity index (χ3n) is 2.62. The minimum Gasteiger partial charge on any atom is -0.383 e. The van der Waals surface area contributed by atoms with Crippen LogP contribution in [-0.4, -0.2) is 47.9 Å². The largest absolute Gasteiger partial charge is 0.383 e. The highest BCUT2D eigenvalue weighted by atomic mass is 32.3. The van der Waals surface area contributed by atoms with Crippen LogP contribution in [0, 0.1) is 0 Å². The van der Waals surface area contributed by atoms with Crippen LogP contribution in [-0.2, 0) is 25.0 Å². The summed E-state index contributed by atoms with van der Waals surface area (Å²) in [6.07, 6.45) is 0. The standard InChI is InChI=1S/C11H16FNO5S2/c1-3-13(7-8-18-2)20(16,17)11-6-4-5-10(9-11)19(12,14)15/h4-6,9H,3,7-8H2,1-2H3. The second kappa shape index (κ2) is 6.61. The van der Waals surface area contributed by atoms with Crippen LogP contribution in [0.2, 0.25) is 0 Å². The van der Waals surface area contributed by atoms with E-state index in [2.05, 4.69) is 0 Å². The highest BCUT2D eigenvalue weighted by Gasteiger charge is 2.24. The summed E-state index contributed by atoms with van der Waals surface area (Å²) < 4.78 is 65.1. The predicted molar refractivity (Wildman–Crippen MR) is 71.0 cm³/mol. The number of likely N-dealkylation sites (N-methyl/N-ethyl adjacent to an activating group) is 1. The van der Waals surface area contributed by atoms with E-state index in [1.807, 2.05) is 0 Å². The van der Waals surface area contributed by atoms with Gasteiger partial charge in [-0.15, -0.1) is 3.89 Å². The summed E-state index contributed by atoms with van der Waals surface area (Å²) in [6, 6.07) is 4.21. The Morgan fingerprint density at radius 3 is 2.30 bits per heavy atom. The number of nitrogens with zero attached hydrogens (tertiary/aromatic N) is 1. The molecule has 0 N–H and O–H groups in total. The highest BCUT2D eigenvalue weighted by molar-refractivity contribution is 7.89. The molecule has 1 aromatic rings. The second-order valence-corrected chi connectivity index (χ2v) is 7.19. The SMILES string of the molecule is CCN(CCOC)S(=O)(=O)c1cccc(S(=O)(=O)F)c1. The molecule has 0 saturated heterocycles. The normalized spacial score (nSPS) is 12.8. The molecule has 0 aromatic heterocycles. The highest BCUT2D eigenvalue weighted by Crippen LogP contribution is 2.20. The van der Waals surface area contributed by atoms with E-state index in [0.29, 0.717) is 0 Å². The van der Waals surface area contributed by atoms with E-state index in [9.17, 15) is 20.7 Å². The monoisotopic (exact) mass is 325 g/mol. The number of sulfonamides is 1. The fraction of sp³-hybridized carbons (Fsp3) is 0.455. The number of halogens is 1. The van der Waals surface area contributed by atoms with E-state index in [1.54, 1.807) is 6.92 Å². The molecule has 0 aliphatic heterocycles. The molecule has 0 saturated carbocycles. The zero-order valence-corrected chi connectivity index (χ0v) is 12.7. The Labute approximate surface area is 118 Å². The Kier molecular flexibility index (Phi) is 5.63. The van der Waals surface area contributed by atoms with Crippen molar-refractivity contribution in [3.05, 3.63) is 24.3 Å². The number of hydrogen-bond acceptors (Lipinski definition) is 5. The van der Waals surface area contributed by atoms with Crippen molar-refractivity contribution in [3.8, 4) is 0 Å². The topological polar surface area (TPSA) is 80.8 Å². The lowest BCUT2D eigenvalue weighted by molar-refractivity contribution is 0.180. The Bertz CT molecular complexity index is 657. The molecule has 0 spiro atoms. The van der Waals surface area contributed by atoms with Gasteiger partial charge in [0.1, 0.15) is 0 Å². The fourth-order valence-electron chi connectivity index (χ4n) is 1.58. The molecule has 0 atom stereocenters. The van der Waals surface area contributed by atoms with Crippen LogP contribution in [0.1, 0.15) is 6.92 Å². The van der Waals surface area contributed by atoms with Crippen molar-refractivity contribution < 1.29 is 25.5 Å². The zero-order valence-electron chi connectivity index (χ0n) is 11.1. The fourth-order valence-corrected chi connectivity index (χ4v) is 3.64. The molecule has 0 radical (unpaired) electrons. The van der Waals surface area contributed by atoms with E-state index in [1.165, 1.54) is 19.2 Å². The van der Waals surface area contributed by atoms with E-state index in [4.69, 9.17) is 4.74 Å². The Hall–Kier alpha value is -1.03. The summed E-state index contributed by atoms with van der Waals surface area (Å²) >= 11 is 0. The molecule has 1 rings (SSSR count). The first-order chi connectivity index (χ1) is 9.23. The third kappa shape index (κ3) is 3.98. The Morgan fingerprint density at radius 2 is 1.80 bits per heavy atom. The molecule has 0 amide bonds. The number of rotatable bonds is 7. The molecule has 0 aliphatic carbocycles. The van der Waals surface area contributed by atoms with Gasteiger partial charge in [0.05, 0.1) is 16.4 Å². The molecule has 6 nitrogen and oxygen atoms in total. The van der Waals surface area contributed by atoms with E-state index < -0.39 is 25.1 Å². The third-order valence-corrected chi connectivity index (χ3v) is 5.41. The number of ether oxygens (including phenoxy) is 1. The van der Waals surface area contributed by atoms with Gasteiger partial charge in [0, 0.05) is 20.2 Å². The van der Waals surface area contributed by atoms with Gasteiger partial charge >= 0.3 is 10.2 Å². The molecular weight excluding hydrogens is 309 g/mol. The molecule has 0 bridgehead atoms. The average Bonchev–Trinajstić information content (AvgIpc) is 2.38. The average molecular weight is 325 g/mol. The van der Waals surface area contributed by atoms with Crippen LogP contribution in [0.25, 0.3) is 0 Å². The molecule has 0 aliphatic rings. The van der Waals surface area contributed by atoms with E-state index in [0.717, 1.165) is 16.4 Å². The summed E-state index contributed by atoms with van der Waals surface area (Å²) in [7, 11) is -7.39. The van der Waals surface area contributed by atoms with E-state index >= 15 is 0 Å². The molecule has 9 heteroatoms. The zero-order chi connectivity index (χ0) is 15.4. The number of methoxy groups -OCH3 is 1. The summed E-state index contributed by atoms with van der Waals surface area (Å²) in [6.45, 7) is 2.16. The molecule has 20 heavy (non-hydrogen) atoms. The molecule has 1 aromatic carbocycles. The smallest absolute Gasteiger partial charge is 0.332 e. The summed E-state index contributed by atoms with van der Waals surface area (Å²) in [5.74, 6) is 0. The Morgan fingerprint density at radius 1 is 1.20 bits per heavy atom. The van der Waals surface area contributed by atoms with Crippen LogP contribution >= 0.6 is 0 Å². The summed E-state index contributed by atoms with van der Waals surface area (Å²) in [5, 5.41) is 0. The molecule has 0 fully saturated rings. The molecule has 114 valence electrons. The van der Waals surface area contributed by atoms with Crippen LogP contribution < -0.4 is 0 Å². The van der Waals surface area contributed by atoms with Crippen molar-refractivity contribution in [2.45, 2.75) is 16.7 Å². The maximum Gasteiger partial charge on any atom is 0.332 e. The lowest BCUT2D eigenvalue weighted by atomic mass is 10.4. The molecule has 0 heterocycles. The van der Waals surface area contributed by atoms with Gasteiger partial charge in [0.15, 0.2) is 0 Å². The minimum atomic E-state index is -4.94. The molecular formula is C11H16FNO5S2. The first-order valence-corrected chi connectivity index (χ1v) is 8.59. The van der Waals surface area contributed by atoms with Crippen molar-refractivity contribution in [1.29, 1.82) is 0 Å². The van der Waals surface area contributed by atoms with Gasteiger partial charge in [-0.2, -0.15) is 12.7 Å². The lowest BCUT2D eigenvalue weighted by Crippen LogP contribution is -2.33. The van der Waals surface area contributed by atoms with Crippen molar-refractivity contribution in [1.82, 2.24) is 4.31 Å². The summed E-state index contributed by atoms with van der Waals surface area (Å²) in [4.78, 5) is -0.949. The van der Waals surface area contributed by atoms with Crippen molar-refractivity contribution >= 4 is 20.2 Å². The van der Waals surface area contributed by atoms with Crippen molar-refractivity contribution in [2.24, 2.45) is 0 Å². The quantitative estimate of drug-likeness (QED) is 0.699. The number of hydrogen-bond donors (Lipinski definition) is 0. The second-order valence-electron chi connectivity index (χ2n) is 3.90. The van der Waals surface area contributed by atoms with E-state index in [-0.39, 0.29) is 24.6 Å². The van der Waals surface area contributed by atoms with Crippen LogP contribution in [0.4, 0.5) is 3.89 Å². The van der Waals surface area contributed by atoms with Gasteiger partial charge < -0.3 is 4.74 Å². The summed E-state index contributed by atoms with van der Waals surface area (Å²) in [5.41, 5.74) is 0. The first kappa shape index (κ1) is 17.0. The predicted octanol–water partition coefficient (Wildman–Crippen LogP) is 1.00. The van der Waals surface area contributed by atoms with Crippen LogP contribution in [0.3, 0.4) is 0 Å². The van der Waals surface area contributed by atoms with Gasteiger partial charge in [-0.25, -0.2) is 8.42 Å². The van der Waals surface area contributed by atoms with Crippen LogP contribution in [0.5, 0.6) is 0 Å². The molecule has 0 unspecified atom stereocenters. The van der Waals surface area contributed by atoms with Crippen molar-refractivity contribution in [2.75, 3.05) is 26.8 Å². The lowest BCUT2D eigenvalue weighted by Gasteiger charge is -2.20. The first-order valence-electron chi connectivity index (χ1n) is 5.77. The minimum absolute atomic E-state index is 0.127. The van der Waals surface area contributed by atoms with Gasteiger partial charge in [0.25, 0.3) is 0 Å². The maximum absolute atomic E-state index is 12.9. The van der Waals surface area contributed by atoms with Gasteiger partial charge in [0.2, 0.25) is 10.0 Å². The Balaban J connectivity index is 3.21. The maximum atomic E-state index is 12.9. The van der Waals surface area contributed by atoms with Crippen LogP contribution in [0.15, 0.2) is 34.1 Å².